The number of morpholine rings is 1. The Morgan fingerprint density at radius 3 is 2.86 bits per heavy atom. The molecule has 2 saturated heterocycles. The maximum Gasteiger partial charge on any atom is 0.279 e. The average molecular weight is 528 g/mol. The number of halogens is 1. The maximum absolute atomic E-state index is 13.7. The standard InChI is InChI=1S/C23H24ClN9O2.H2S/c24-16-3-5-33-19(16)23(34)32(7-6-30-8-10-35-11-9-30)21(29-33)17-2-1-4-31(17)22-18-15(12-25)13-26-20(18)27-14-28-22;/h3,5,13-14,17H,1-2,4,6-11H2,(H,26,27,28);1H2/t17-;/m0./s1. The summed E-state index contributed by atoms with van der Waals surface area (Å²) in [6.45, 7) is 5.01. The Morgan fingerprint density at radius 2 is 2.06 bits per heavy atom. The van der Waals surface area contributed by atoms with Gasteiger partial charge >= 0.3 is 0 Å². The van der Waals surface area contributed by atoms with Crippen molar-refractivity contribution in [3.05, 3.63) is 51.6 Å². The summed E-state index contributed by atoms with van der Waals surface area (Å²) in [6, 6.07) is 3.74. The normalized spacial score (nSPS) is 18.6. The number of H-pyrrole nitrogens is 1. The minimum absolute atomic E-state index is 0. The Hall–Kier alpha value is -3.11. The lowest BCUT2D eigenvalue weighted by Crippen LogP contribution is -2.41. The molecule has 0 bridgehead atoms. The monoisotopic (exact) mass is 527 g/mol. The minimum Gasteiger partial charge on any atom is -0.379 e. The topological polar surface area (TPSA) is 120 Å². The first-order chi connectivity index (χ1) is 17.2. The highest BCUT2D eigenvalue weighted by Crippen LogP contribution is 2.38. The molecule has 4 aromatic heterocycles. The lowest BCUT2D eigenvalue weighted by atomic mass is 10.1. The number of rotatable bonds is 5. The molecule has 0 spiro atoms. The summed E-state index contributed by atoms with van der Waals surface area (Å²) in [5, 5.41) is 15.6. The van der Waals surface area contributed by atoms with Gasteiger partial charge in [-0.05, 0) is 18.9 Å². The third kappa shape index (κ3) is 4.12. The van der Waals surface area contributed by atoms with Crippen LogP contribution in [0.4, 0.5) is 5.82 Å². The quantitative estimate of drug-likeness (QED) is 0.419. The van der Waals surface area contributed by atoms with Gasteiger partial charge in [0.2, 0.25) is 0 Å². The SMILES string of the molecule is N#Cc1c[nH]c2ncnc(N3CCC[C@H]3c3nn4ccc(Cl)c4c(=O)n3CCN3CCOCC3)c12.S. The number of aromatic nitrogens is 6. The summed E-state index contributed by atoms with van der Waals surface area (Å²) in [6.07, 6.45) is 6.59. The van der Waals surface area contributed by atoms with Crippen molar-refractivity contribution in [1.29, 1.82) is 5.26 Å². The predicted molar refractivity (Wildman–Crippen MR) is 140 cm³/mol. The van der Waals surface area contributed by atoms with Crippen LogP contribution in [-0.4, -0.2) is 73.4 Å². The van der Waals surface area contributed by atoms with Crippen molar-refractivity contribution < 1.29 is 4.74 Å². The molecule has 188 valence electrons. The minimum atomic E-state index is -0.183. The lowest BCUT2D eigenvalue weighted by Gasteiger charge is -2.29. The Bertz CT molecular complexity index is 1500. The predicted octanol–water partition coefficient (Wildman–Crippen LogP) is 2.08. The van der Waals surface area contributed by atoms with Gasteiger partial charge in [0.25, 0.3) is 5.56 Å². The van der Waals surface area contributed by atoms with E-state index in [1.165, 1.54) is 6.33 Å². The van der Waals surface area contributed by atoms with Gasteiger partial charge < -0.3 is 14.6 Å². The average Bonchev–Trinajstić information content (AvgIpc) is 3.62. The lowest BCUT2D eigenvalue weighted by molar-refractivity contribution is 0.0361. The highest BCUT2D eigenvalue weighted by molar-refractivity contribution is 7.59. The third-order valence-corrected chi connectivity index (χ3v) is 7.19. The number of hydrogen-bond donors (Lipinski definition) is 1. The van der Waals surface area contributed by atoms with E-state index in [2.05, 4.69) is 30.8 Å². The van der Waals surface area contributed by atoms with Crippen LogP contribution < -0.4 is 10.5 Å². The smallest absolute Gasteiger partial charge is 0.279 e. The summed E-state index contributed by atoms with van der Waals surface area (Å²) in [4.78, 5) is 30.0. The highest BCUT2D eigenvalue weighted by atomic mass is 35.5. The zero-order chi connectivity index (χ0) is 23.9. The van der Waals surface area contributed by atoms with Crippen molar-refractivity contribution in [2.75, 3.05) is 44.3 Å². The molecule has 2 aliphatic rings. The summed E-state index contributed by atoms with van der Waals surface area (Å²) >= 11 is 6.36. The summed E-state index contributed by atoms with van der Waals surface area (Å²) in [5.74, 6) is 1.34. The number of nitrogens with one attached hydrogen (secondary N) is 1. The van der Waals surface area contributed by atoms with E-state index in [-0.39, 0.29) is 25.1 Å². The fourth-order valence-electron chi connectivity index (χ4n) is 5.15. The van der Waals surface area contributed by atoms with E-state index in [0.29, 0.717) is 65.1 Å². The molecule has 2 fully saturated rings. The number of aromatic amines is 1. The molecule has 1 N–H and O–H groups in total. The highest BCUT2D eigenvalue weighted by Gasteiger charge is 2.34. The molecule has 13 heteroatoms. The van der Waals surface area contributed by atoms with E-state index in [1.54, 1.807) is 27.5 Å². The first kappa shape index (κ1) is 24.6. The molecule has 11 nitrogen and oxygen atoms in total. The Morgan fingerprint density at radius 1 is 1.22 bits per heavy atom. The van der Waals surface area contributed by atoms with E-state index in [0.717, 1.165) is 32.5 Å². The van der Waals surface area contributed by atoms with Crippen molar-refractivity contribution >= 4 is 47.5 Å². The number of ether oxygens (including phenoxy) is 1. The van der Waals surface area contributed by atoms with Crippen LogP contribution in [0.15, 0.2) is 29.6 Å². The molecular formula is C23H26ClN9O2S. The molecule has 0 aromatic carbocycles. The Balaban J connectivity index is 0.00000267. The fourth-order valence-corrected chi connectivity index (χ4v) is 5.37. The largest absolute Gasteiger partial charge is 0.379 e. The zero-order valence-corrected chi connectivity index (χ0v) is 21.3. The van der Waals surface area contributed by atoms with E-state index in [9.17, 15) is 10.1 Å². The number of anilines is 1. The molecule has 6 heterocycles. The van der Waals surface area contributed by atoms with Crippen molar-refractivity contribution in [3.63, 3.8) is 0 Å². The van der Waals surface area contributed by atoms with Gasteiger partial charge in [-0.1, -0.05) is 11.6 Å². The second-order valence-electron chi connectivity index (χ2n) is 8.81. The molecule has 6 rings (SSSR count). The summed E-state index contributed by atoms with van der Waals surface area (Å²) < 4.78 is 8.81. The maximum atomic E-state index is 13.7. The van der Waals surface area contributed by atoms with Gasteiger partial charge in [0.1, 0.15) is 29.4 Å². The molecule has 2 aliphatic heterocycles. The van der Waals surface area contributed by atoms with Crippen molar-refractivity contribution in [2.45, 2.75) is 25.4 Å². The van der Waals surface area contributed by atoms with Gasteiger partial charge in [-0.2, -0.15) is 23.9 Å². The van der Waals surface area contributed by atoms with Gasteiger partial charge in [0, 0.05) is 45.1 Å². The summed E-state index contributed by atoms with van der Waals surface area (Å²) in [7, 11) is 0. The van der Waals surface area contributed by atoms with Crippen molar-refractivity contribution in [1.82, 2.24) is 34.0 Å². The molecule has 36 heavy (non-hydrogen) atoms. The number of nitrogens with zero attached hydrogens (tertiary/aromatic N) is 8. The van der Waals surface area contributed by atoms with Crippen LogP contribution >= 0.6 is 25.1 Å². The van der Waals surface area contributed by atoms with Crippen LogP contribution in [0.3, 0.4) is 0 Å². The Kier molecular flexibility index (Phi) is 6.90. The van der Waals surface area contributed by atoms with Crippen LogP contribution in [0.5, 0.6) is 0 Å². The summed E-state index contributed by atoms with van der Waals surface area (Å²) in [5.41, 5.74) is 1.33. The van der Waals surface area contributed by atoms with E-state index in [1.807, 2.05) is 0 Å². The zero-order valence-electron chi connectivity index (χ0n) is 19.5. The molecule has 0 radical (unpaired) electrons. The van der Waals surface area contributed by atoms with Gasteiger partial charge in [0.15, 0.2) is 5.82 Å². The van der Waals surface area contributed by atoms with Crippen molar-refractivity contribution in [2.24, 2.45) is 0 Å². The van der Waals surface area contributed by atoms with Gasteiger partial charge in [-0.15, -0.1) is 0 Å². The van der Waals surface area contributed by atoms with Crippen LogP contribution in [0.1, 0.15) is 30.3 Å². The fraction of sp³-hybridized carbons (Fsp3) is 0.435. The van der Waals surface area contributed by atoms with Crippen molar-refractivity contribution in [3.8, 4) is 6.07 Å². The number of hydrogen-bond acceptors (Lipinski definition) is 8. The van der Waals surface area contributed by atoms with Crippen LogP contribution in [0.2, 0.25) is 5.02 Å². The van der Waals surface area contributed by atoms with Gasteiger partial charge in [-0.3, -0.25) is 14.3 Å². The van der Waals surface area contributed by atoms with Gasteiger partial charge in [0.05, 0.1) is 35.2 Å². The third-order valence-electron chi connectivity index (χ3n) is 6.89. The molecular weight excluding hydrogens is 502 g/mol. The van der Waals surface area contributed by atoms with Gasteiger partial charge in [-0.25, -0.2) is 14.5 Å². The second-order valence-corrected chi connectivity index (χ2v) is 9.22. The molecule has 4 aromatic rings. The number of fused-ring (bicyclic) bond motifs is 2. The van der Waals surface area contributed by atoms with E-state index >= 15 is 0 Å². The molecule has 0 aliphatic carbocycles. The second kappa shape index (κ2) is 10.1. The first-order valence-corrected chi connectivity index (χ1v) is 12.1. The Labute approximate surface area is 218 Å². The van der Waals surface area contributed by atoms with E-state index < -0.39 is 0 Å². The van der Waals surface area contributed by atoms with Crippen LogP contribution in [0, 0.1) is 11.3 Å². The molecule has 0 saturated carbocycles. The molecule has 0 amide bonds. The van der Waals surface area contributed by atoms with Crippen LogP contribution in [-0.2, 0) is 11.3 Å². The van der Waals surface area contributed by atoms with E-state index in [4.69, 9.17) is 21.4 Å². The molecule has 0 unspecified atom stereocenters. The molecule has 1 atom stereocenters. The number of nitriles is 1. The first-order valence-electron chi connectivity index (χ1n) is 11.7. The van der Waals surface area contributed by atoms with Crippen LogP contribution in [0.25, 0.3) is 16.6 Å².